The first-order valence-electron chi connectivity index (χ1n) is 7.87. The topological polar surface area (TPSA) is 88.8 Å². The quantitative estimate of drug-likeness (QED) is 0.839. The molecular weight excluding hydrogens is 322 g/mol. The van der Waals surface area contributed by atoms with Crippen LogP contribution in [0, 0.1) is 0 Å². The summed E-state index contributed by atoms with van der Waals surface area (Å²) in [7, 11) is 1.31. The van der Waals surface area contributed by atoms with Crippen molar-refractivity contribution in [2.45, 2.75) is 19.9 Å². The van der Waals surface area contributed by atoms with Gasteiger partial charge in [0.15, 0.2) is 0 Å². The summed E-state index contributed by atoms with van der Waals surface area (Å²) in [6.07, 6.45) is 4.01. The molecule has 0 spiro atoms. The average molecular weight is 341 g/mol. The van der Waals surface area contributed by atoms with Gasteiger partial charge in [0.05, 0.1) is 24.7 Å². The first-order valence-corrected chi connectivity index (χ1v) is 7.87. The molecule has 8 nitrogen and oxygen atoms in total. The fraction of sp³-hybridized carbons (Fsp3) is 0.294. The van der Waals surface area contributed by atoms with Crippen molar-refractivity contribution in [3.8, 4) is 0 Å². The highest BCUT2D eigenvalue weighted by Gasteiger charge is 2.14. The fourth-order valence-electron chi connectivity index (χ4n) is 2.46. The van der Waals surface area contributed by atoms with Crippen molar-refractivity contribution in [3.05, 3.63) is 42.2 Å². The number of rotatable bonds is 5. The number of benzene rings is 1. The number of anilines is 2. The largest absolute Gasteiger partial charge is 0.468 e. The Balaban J connectivity index is 1.62. The lowest BCUT2D eigenvalue weighted by atomic mass is 10.2. The second kappa shape index (κ2) is 7.16. The number of methoxy groups -OCH3 is 1. The molecule has 0 radical (unpaired) electrons. The van der Waals surface area contributed by atoms with Gasteiger partial charge >= 0.3 is 5.97 Å². The number of carbonyl (C=O) groups excluding carboxylic acids is 2. The monoisotopic (exact) mass is 341 g/mol. The highest BCUT2D eigenvalue weighted by Crippen LogP contribution is 2.20. The van der Waals surface area contributed by atoms with Crippen LogP contribution in [0.1, 0.15) is 23.7 Å². The first kappa shape index (κ1) is 16.7. The number of esters is 1. The smallest absolute Gasteiger partial charge is 0.327 e. The zero-order valence-corrected chi connectivity index (χ0v) is 14.1. The number of hydrogen-bond donors (Lipinski definition) is 1. The van der Waals surface area contributed by atoms with Crippen LogP contribution in [0.5, 0.6) is 0 Å². The van der Waals surface area contributed by atoms with E-state index in [0.717, 1.165) is 24.4 Å². The zero-order valence-electron chi connectivity index (χ0n) is 14.1. The first-order chi connectivity index (χ1) is 12.0. The minimum Gasteiger partial charge on any atom is -0.468 e. The number of nitrogens with one attached hydrogen (secondary N) is 1. The van der Waals surface area contributed by atoms with E-state index in [9.17, 15) is 9.59 Å². The van der Waals surface area contributed by atoms with Crippen LogP contribution < -0.4 is 10.3 Å². The molecule has 0 bridgehead atoms. The van der Waals surface area contributed by atoms with Gasteiger partial charge in [0.25, 0.3) is 5.91 Å². The van der Waals surface area contributed by atoms with Crippen LogP contribution >= 0.6 is 0 Å². The molecule has 1 aliphatic rings. The number of carbonyl (C=O) groups is 2. The molecule has 8 heteroatoms. The third-order valence-electron chi connectivity index (χ3n) is 3.81. The molecule has 0 fully saturated rings. The van der Waals surface area contributed by atoms with Gasteiger partial charge in [0, 0.05) is 30.4 Å². The molecule has 25 heavy (non-hydrogen) atoms. The Morgan fingerprint density at radius 1 is 1.28 bits per heavy atom. The average Bonchev–Trinajstić information content (AvgIpc) is 3.24. The zero-order chi connectivity index (χ0) is 17.8. The molecule has 2 heterocycles. The summed E-state index contributed by atoms with van der Waals surface area (Å²) in [6, 6.07) is 7.26. The molecule has 3 rings (SSSR count). The molecular formula is C17H19N5O3. The SMILES string of the molecule is COC(=O)Cn1cc(NC(=O)c2ccc(N3CCC(C)=N3)cc2)cn1. The lowest BCUT2D eigenvalue weighted by Crippen LogP contribution is -2.14. The fourth-order valence-corrected chi connectivity index (χ4v) is 2.46. The summed E-state index contributed by atoms with van der Waals surface area (Å²) in [5.41, 5.74) is 3.10. The lowest BCUT2D eigenvalue weighted by molar-refractivity contribution is -0.141. The van der Waals surface area contributed by atoms with E-state index in [1.807, 2.05) is 24.1 Å². The predicted octanol–water partition coefficient (Wildman–Crippen LogP) is 1.89. The lowest BCUT2D eigenvalue weighted by Gasteiger charge is -2.13. The van der Waals surface area contributed by atoms with Gasteiger partial charge in [-0.25, -0.2) is 0 Å². The minimum absolute atomic E-state index is 0.00314. The molecule has 0 atom stereocenters. The van der Waals surface area contributed by atoms with Gasteiger partial charge in [0.2, 0.25) is 0 Å². The summed E-state index contributed by atoms with van der Waals surface area (Å²) in [4.78, 5) is 23.5. The van der Waals surface area contributed by atoms with Crippen molar-refractivity contribution >= 4 is 29.0 Å². The van der Waals surface area contributed by atoms with Gasteiger partial charge in [-0.05, 0) is 31.2 Å². The molecule has 0 aliphatic carbocycles. The Hall–Kier alpha value is -3.16. The van der Waals surface area contributed by atoms with E-state index in [1.54, 1.807) is 18.3 Å². The third kappa shape index (κ3) is 4.03. The van der Waals surface area contributed by atoms with Crippen LogP contribution in [0.3, 0.4) is 0 Å². The number of ether oxygens (including phenoxy) is 1. The van der Waals surface area contributed by atoms with Gasteiger partial charge in [-0.15, -0.1) is 0 Å². The van der Waals surface area contributed by atoms with Crippen molar-refractivity contribution in [1.29, 1.82) is 0 Å². The van der Waals surface area contributed by atoms with E-state index in [1.165, 1.54) is 18.0 Å². The molecule has 0 saturated heterocycles. The van der Waals surface area contributed by atoms with Gasteiger partial charge < -0.3 is 10.1 Å². The number of amides is 1. The molecule has 1 amide bonds. The Kier molecular flexibility index (Phi) is 4.78. The number of hydrazone groups is 1. The van der Waals surface area contributed by atoms with Crippen molar-refractivity contribution < 1.29 is 14.3 Å². The molecule has 0 saturated carbocycles. The van der Waals surface area contributed by atoms with E-state index in [4.69, 9.17) is 0 Å². The molecule has 1 aliphatic heterocycles. The van der Waals surface area contributed by atoms with Gasteiger partial charge in [-0.1, -0.05) is 0 Å². The Morgan fingerprint density at radius 3 is 2.68 bits per heavy atom. The Bertz CT molecular complexity index is 810. The van der Waals surface area contributed by atoms with E-state index in [0.29, 0.717) is 11.3 Å². The maximum absolute atomic E-state index is 12.3. The summed E-state index contributed by atoms with van der Waals surface area (Å²) in [5.74, 6) is -0.651. The van der Waals surface area contributed by atoms with E-state index in [2.05, 4.69) is 20.3 Å². The molecule has 1 N–H and O–H groups in total. The van der Waals surface area contributed by atoms with Gasteiger partial charge in [-0.2, -0.15) is 10.2 Å². The summed E-state index contributed by atoms with van der Waals surface area (Å²) in [5, 5.41) is 13.1. The van der Waals surface area contributed by atoms with Crippen LogP contribution in [0.15, 0.2) is 41.8 Å². The van der Waals surface area contributed by atoms with Crippen LogP contribution in [-0.2, 0) is 16.1 Å². The summed E-state index contributed by atoms with van der Waals surface area (Å²) in [6.45, 7) is 2.86. The molecule has 1 aromatic heterocycles. The normalized spacial score (nSPS) is 13.5. The van der Waals surface area contributed by atoms with Crippen molar-refractivity contribution in [1.82, 2.24) is 9.78 Å². The molecule has 130 valence electrons. The van der Waals surface area contributed by atoms with E-state index in [-0.39, 0.29) is 12.5 Å². The highest BCUT2D eigenvalue weighted by atomic mass is 16.5. The second-order valence-corrected chi connectivity index (χ2v) is 5.71. The number of nitrogens with zero attached hydrogens (tertiary/aromatic N) is 4. The standard InChI is InChI=1S/C17H19N5O3/c1-12-7-8-22(20-12)15-5-3-13(4-6-15)17(24)19-14-9-18-21(10-14)11-16(23)25-2/h3-6,9-10H,7-8,11H2,1-2H3,(H,19,24). The van der Waals surface area contributed by atoms with E-state index >= 15 is 0 Å². The molecule has 1 aromatic carbocycles. The second-order valence-electron chi connectivity index (χ2n) is 5.71. The van der Waals surface area contributed by atoms with Crippen molar-refractivity contribution in [2.75, 3.05) is 24.0 Å². The maximum Gasteiger partial charge on any atom is 0.327 e. The maximum atomic E-state index is 12.3. The molecule has 0 unspecified atom stereocenters. The van der Waals surface area contributed by atoms with Gasteiger partial charge in [-0.3, -0.25) is 19.3 Å². The summed E-state index contributed by atoms with van der Waals surface area (Å²) >= 11 is 0. The van der Waals surface area contributed by atoms with Crippen LogP contribution in [0.25, 0.3) is 0 Å². The van der Waals surface area contributed by atoms with Gasteiger partial charge in [0.1, 0.15) is 6.54 Å². The Labute approximate surface area is 145 Å². The van der Waals surface area contributed by atoms with E-state index < -0.39 is 5.97 Å². The Morgan fingerprint density at radius 2 is 2.04 bits per heavy atom. The van der Waals surface area contributed by atoms with Crippen molar-refractivity contribution in [3.63, 3.8) is 0 Å². The molecule has 2 aromatic rings. The summed E-state index contributed by atoms with van der Waals surface area (Å²) < 4.78 is 5.97. The highest BCUT2D eigenvalue weighted by molar-refractivity contribution is 6.04. The van der Waals surface area contributed by atoms with Crippen LogP contribution in [-0.4, -0.2) is 41.0 Å². The van der Waals surface area contributed by atoms with Crippen molar-refractivity contribution in [2.24, 2.45) is 5.10 Å². The number of aromatic nitrogens is 2. The third-order valence-corrected chi connectivity index (χ3v) is 3.81. The number of hydrogen-bond acceptors (Lipinski definition) is 6. The van der Waals surface area contributed by atoms with Crippen LogP contribution in [0.2, 0.25) is 0 Å². The minimum atomic E-state index is -0.406. The van der Waals surface area contributed by atoms with Crippen LogP contribution in [0.4, 0.5) is 11.4 Å². The predicted molar refractivity (Wildman–Crippen MR) is 93.7 cm³/mol.